The number of ether oxygens (including phenoxy) is 2. The molecule has 8 heteroatoms. The number of nitrogens with zero attached hydrogens (tertiary/aromatic N) is 4. The van der Waals surface area contributed by atoms with E-state index in [0.717, 1.165) is 63.9 Å². The molecule has 2 atom stereocenters. The highest BCUT2D eigenvalue weighted by atomic mass is 79.9. The van der Waals surface area contributed by atoms with Gasteiger partial charge in [0.05, 0.1) is 32.5 Å². The summed E-state index contributed by atoms with van der Waals surface area (Å²) in [6, 6.07) is 12.7. The normalized spacial score (nSPS) is 16.2. The molecule has 1 aromatic heterocycles. The van der Waals surface area contributed by atoms with Crippen molar-refractivity contribution >= 4 is 15.9 Å². The number of hydrogen-bond donors (Lipinski definition) is 1. The predicted molar refractivity (Wildman–Crippen MR) is 133 cm³/mol. The quantitative estimate of drug-likeness (QED) is 0.477. The van der Waals surface area contributed by atoms with E-state index in [1.807, 2.05) is 12.1 Å². The van der Waals surface area contributed by atoms with Crippen LogP contribution in [0.1, 0.15) is 49.6 Å². The van der Waals surface area contributed by atoms with Gasteiger partial charge in [0.25, 0.3) is 0 Å². The van der Waals surface area contributed by atoms with Gasteiger partial charge < -0.3 is 14.4 Å². The molecule has 0 fully saturated rings. The molecule has 1 N–H and O–H groups in total. The Morgan fingerprint density at radius 2 is 1.85 bits per heavy atom. The second kappa shape index (κ2) is 10.2. The number of halogens is 1. The number of nitrogens with one attached hydrogen (secondary N) is 1. The van der Waals surface area contributed by atoms with Crippen molar-refractivity contribution in [1.29, 1.82) is 0 Å². The van der Waals surface area contributed by atoms with E-state index in [1.54, 1.807) is 14.2 Å². The van der Waals surface area contributed by atoms with Gasteiger partial charge in [-0.05, 0) is 49.8 Å². The van der Waals surface area contributed by atoms with Gasteiger partial charge in [-0.1, -0.05) is 35.8 Å². The zero-order chi connectivity index (χ0) is 23.5. The van der Waals surface area contributed by atoms with E-state index < -0.39 is 0 Å². The van der Waals surface area contributed by atoms with Gasteiger partial charge in [0, 0.05) is 28.6 Å². The third-order valence-electron chi connectivity index (χ3n) is 6.47. The smallest absolute Gasteiger partial charge is 0.151 e. The van der Waals surface area contributed by atoms with E-state index in [1.165, 1.54) is 0 Å². The zero-order valence-corrected chi connectivity index (χ0v) is 21.5. The monoisotopic (exact) mass is 513 g/mol. The van der Waals surface area contributed by atoms with Crippen molar-refractivity contribution in [3.05, 3.63) is 63.6 Å². The summed E-state index contributed by atoms with van der Waals surface area (Å²) in [6.07, 6.45) is 0.831. The molecule has 2 heterocycles. The summed E-state index contributed by atoms with van der Waals surface area (Å²) in [6.45, 7) is 9.29. The summed E-state index contributed by atoms with van der Waals surface area (Å²) >= 11 is 3.68. The number of fused-ring (bicyclic) bond motifs is 3. The Balaban J connectivity index is 1.81. The fourth-order valence-corrected chi connectivity index (χ4v) is 5.06. The molecule has 0 saturated heterocycles. The molecule has 0 bridgehead atoms. The molecule has 0 aliphatic carbocycles. The number of hydrogen-bond acceptors (Lipinski definition) is 6. The van der Waals surface area contributed by atoms with Crippen LogP contribution in [0.2, 0.25) is 0 Å². The van der Waals surface area contributed by atoms with Gasteiger partial charge >= 0.3 is 0 Å². The fraction of sp³-hybridized carbons (Fsp3) is 0.440. The molecule has 0 spiro atoms. The van der Waals surface area contributed by atoms with Crippen LogP contribution in [0.15, 0.2) is 40.9 Å². The maximum atomic E-state index is 5.74. The van der Waals surface area contributed by atoms with Crippen molar-refractivity contribution in [3.8, 4) is 17.2 Å². The van der Waals surface area contributed by atoms with Gasteiger partial charge in [-0.3, -0.25) is 9.88 Å². The first-order valence-corrected chi connectivity index (χ1v) is 12.2. The Morgan fingerprint density at radius 3 is 2.55 bits per heavy atom. The fourth-order valence-electron chi connectivity index (χ4n) is 4.71. The van der Waals surface area contributed by atoms with Crippen LogP contribution in [-0.4, -0.2) is 53.0 Å². The van der Waals surface area contributed by atoms with Crippen LogP contribution in [0, 0.1) is 0 Å². The van der Waals surface area contributed by atoms with Crippen LogP contribution in [0.3, 0.4) is 0 Å². The van der Waals surface area contributed by atoms with Crippen molar-refractivity contribution in [2.24, 2.45) is 0 Å². The van der Waals surface area contributed by atoms with Gasteiger partial charge in [0.2, 0.25) is 0 Å². The van der Waals surface area contributed by atoms with E-state index in [0.29, 0.717) is 12.6 Å². The van der Waals surface area contributed by atoms with Gasteiger partial charge in [-0.25, -0.2) is 0 Å². The molecule has 3 aromatic rings. The maximum absolute atomic E-state index is 5.74. The SMILES string of the molecule is CCN(CC)C(C)Cc1nnc2n1-c1cc(Br)ccc1C(c1ccc(OC)cc1OC)NC2. The van der Waals surface area contributed by atoms with Crippen LogP contribution in [-0.2, 0) is 13.0 Å². The first-order valence-electron chi connectivity index (χ1n) is 11.4. The Morgan fingerprint density at radius 1 is 1.09 bits per heavy atom. The third-order valence-corrected chi connectivity index (χ3v) is 6.96. The molecule has 176 valence electrons. The van der Waals surface area contributed by atoms with E-state index >= 15 is 0 Å². The first-order chi connectivity index (χ1) is 16.0. The van der Waals surface area contributed by atoms with Crippen LogP contribution in [0.4, 0.5) is 0 Å². The lowest BCUT2D eigenvalue weighted by Gasteiger charge is -2.26. The average molecular weight is 514 g/mol. The molecule has 7 nitrogen and oxygen atoms in total. The molecule has 2 unspecified atom stereocenters. The molecule has 33 heavy (non-hydrogen) atoms. The topological polar surface area (TPSA) is 64.4 Å². The second-order valence-corrected chi connectivity index (χ2v) is 9.18. The van der Waals surface area contributed by atoms with Crippen molar-refractivity contribution in [3.63, 3.8) is 0 Å². The number of rotatable bonds is 8. The third kappa shape index (κ3) is 4.65. The van der Waals surface area contributed by atoms with Gasteiger partial charge in [-0.15, -0.1) is 10.2 Å². The van der Waals surface area contributed by atoms with Crippen LogP contribution in [0.5, 0.6) is 11.5 Å². The molecular formula is C25H32BrN5O2. The Labute approximate surface area is 204 Å². The largest absolute Gasteiger partial charge is 0.497 e. The highest BCUT2D eigenvalue weighted by Gasteiger charge is 2.29. The van der Waals surface area contributed by atoms with Gasteiger partial charge in [-0.2, -0.15) is 0 Å². The van der Waals surface area contributed by atoms with Gasteiger partial charge in [0.15, 0.2) is 5.82 Å². The molecule has 0 saturated carbocycles. The summed E-state index contributed by atoms with van der Waals surface area (Å²) < 4.78 is 14.4. The van der Waals surface area contributed by atoms with Crippen LogP contribution < -0.4 is 14.8 Å². The summed E-state index contributed by atoms with van der Waals surface area (Å²) in [4.78, 5) is 2.45. The lowest BCUT2D eigenvalue weighted by Crippen LogP contribution is -2.35. The van der Waals surface area contributed by atoms with E-state index in [9.17, 15) is 0 Å². The Kier molecular flexibility index (Phi) is 7.36. The van der Waals surface area contributed by atoms with E-state index in [2.05, 4.69) is 85.9 Å². The van der Waals surface area contributed by atoms with Gasteiger partial charge in [0.1, 0.15) is 17.3 Å². The lowest BCUT2D eigenvalue weighted by atomic mass is 9.96. The molecule has 2 aromatic carbocycles. The molecule has 0 radical (unpaired) electrons. The average Bonchev–Trinajstić information content (AvgIpc) is 3.14. The van der Waals surface area contributed by atoms with Crippen molar-refractivity contribution in [2.75, 3.05) is 27.3 Å². The number of benzene rings is 2. The molecular weight excluding hydrogens is 482 g/mol. The standard InChI is InChI=1S/C25H32BrN5O2/c1-6-30(7-2)16(3)12-23-28-29-24-15-27-25(19-10-8-17(26)13-21(19)31(23)24)20-11-9-18(32-4)14-22(20)33-5/h8-11,13-14,16,25,27H,6-7,12,15H2,1-5H3. The highest BCUT2D eigenvalue weighted by Crippen LogP contribution is 2.38. The number of aromatic nitrogens is 3. The maximum Gasteiger partial charge on any atom is 0.151 e. The Hall–Kier alpha value is -2.42. The van der Waals surface area contributed by atoms with E-state index in [-0.39, 0.29) is 6.04 Å². The number of methoxy groups -OCH3 is 2. The predicted octanol–water partition coefficient (Wildman–Crippen LogP) is 4.51. The van der Waals surface area contributed by atoms with Crippen molar-refractivity contribution in [1.82, 2.24) is 25.0 Å². The minimum Gasteiger partial charge on any atom is -0.497 e. The second-order valence-electron chi connectivity index (χ2n) is 8.27. The summed E-state index contributed by atoms with van der Waals surface area (Å²) in [5.41, 5.74) is 3.29. The molecule has 0 amide bonds. The van der Waals surface area contributed by atoms with Crippen molar-refractivity contribution in [2.45, 2.75) is 45.8 Å². The summed E-state index contributed by atoms with van der Waals surface area (Å²) in [7, 11) is 3.36. The highest BCUT2D eigenvalue weighted by molar-refractivity contribution is 9.10. The minimum atomic E-state index is -0.0660. The molecule has 1 aliphatic heterocycles. The lowest BCUT2D eigenvalue weighted by molar-refractivity contribution is 0.227. The Bertz CT molecular complexity index is 1110. The summed E-state index contributed by atoms with van der Waals surface area (Å²) in [5.74, 6) is 3.44. The number of likely N-dealkylation sites (N-methyl/N-ethyl adjacent to an activating group) is 1. The van der Waals surface area contributed by atoms with Crippen molar-refractivity contribution < 1.29 is 9.47 Å². The van der Waals surface area contributed by atoms with E-state index in [4.69, 9.17) is 9.47 Å². The zero-order valence-electron chi connectivity index (χ0n) is 19.9. The molecule has 1 aliphatic rings. The molecule has 4 rings (SSSR count). The minimum absolute atomic E-state index is 0.0660. The van der Waals surface area contributed by atoms with Crippen LogP contribution in [0.25, 0.3) is 5.69 Å². The first kappa shape index (κ1) is 23.7. The summed E-state index contributed by atoms with van der Waals surface area (Å²) in [5, 5.41) is 12.9. The van der Waals surface area contributed by atoms with Crippen LogP contribution >= 0.6 is 15.9 Å².